The molecular formula is C21H17N5OS. The van der Waals surface area contributed by atoms with Crippen LogP contribution in [0.3, 0.4) is 0 Å². The van der Waals surface area contributed by atoms with Crippen molar-refractivity contribution in [1.82, 2.24) is 19.9 Å². The van der Waals surface area contributed by atoms with Crippen molar-refractivity contribution in [1.29, 1.82) is 0 Å². The van der Waals surface area contributed by atoms with Gasteiger partial charge in [-0.15, -0.1) is 11.3 Å². The number of hydrogen-bond acceptors (Lipinski definition) is 6. The molecule has 6 nitrogen and oxygen atoms in total. The smallest absolute Gasteiger partial charge is 0.230 e. The number of rotatable bonds is 5. The Morgan fingerprint density at radius 3 is 2.64 bits per heavy atom. The number of nitrogens with one attached hydrogen (secondary N) is 1. The van der Waals surface area contributed by atoms with Crippen molar-refractivity contribution in [3.63, 3.8) is 0 Å². The second-order valence-corrected chi connectivity index (χ2v) is 7.37. The first-order chi connectivity index (χ1) is 13.7. The Kier molecular flexibility index (Phi) is 5.16. The predicted octanol–water partition coefficient (Wildman–Crippen LogP) is 4.15. The highest BCUT2D eigenvalue weighted by Gasteiger charge is 2.09. The van der Waals surface area contributed by atoms with Crippen molar-refractivity contribution in [3.05, 3.63) is 78.0 Å². The third-order valence-electron chi connectivity index (χ3n) is 4.07. The Morgan fingerprint density at radius 1 is 0.964 bits per heavy atom. The molecule has 7 heteroatoms. The van der Waals surface area contributed by atoms with E-state index in [9.17, 15) is 4.79 Å². The van der Waals surface area contributed by atoms with Gasteiger partial charge in [0.25, 0.3) is 0 Å². The lowest BCUT2D eigenvalue weighted by Gasteiger charge is -2.05. The number of thiophene rings is 1. The molecule has 0 aromatic carbocycles. The normalized spacial score (nSPS) is 10.6. The van der Waals surface area contributed by atoms with E-state index in [0.29, 0.717) is 12.2 Å². The SMILES string of the molecule is Cc1cc(-c2ccc(CC(=O)Nc3ccc(-c4cnccn4)cn3)s2)ccn1. The molecule has 4 aromatic heterocycles. The summed E-state index contributed by atoms with van der Waals surface area (Å²) < 4.78 is 0. The van der Waals surface area contributed by atoms with Gasteiger partial charge in [0, 0.05) is 45.8 Å². The summed E-state index contributed by atoms with van der Waals surface area (Å²) in [5.74, 6) is 0.415. The van der Waals surface area contributed by atoms with Crippen LogP contribution in [0.1, 0.15) is 10.6 Å². The highest BCUT2D eigenvalue weighted by Crippen LogP contribution is 2.28. The van der Waals surface area contributed by atoms with Gasteiger partial charge in [-0.1, -0.05) is 0 Å². The number of nitrogens with zero attached hydrogens (tertiary/aromatic N) is 4. The van der Waals surface area contributed by atoms with Crippen molar-refractivity contribution in [2.24, 2.45) is 0 Å². The molecule has 0 spiro atoms. The van der Waals surface area contributed by atoms with Gasteiger partial charge in [-0.2, -0.15) is 0 Å². The van der Waals surface area contributed by atoms with Gasteiger partial charge in [0.05, 0.1) is 18.3 Å². The number of carbonyl (C=O) groups excluding carboxylic acids is 1. The van der Waals surface area contributed by atoms with Crippen LogP contribution in [0.4, 0.5) is 5.82 Å². The quantitative estimate of drug-likeness (QED) is 0.556. The van der Waals surface area contributed by atoms with Crippen LogP contribution in [0.15, 0.2) is 67.4 Å². The minimum atomic E-state index is -0.0981. The fraction of sp³-hybridized carbons (Fsp3) is 0.0952. The third kappa shape index (κ3) is 4.27. The monoisotopic (exact) mass is 387 g/mol. The zero-order valence-corrected chi connectivity index (χ0v) is 16.0. The second kappa shape index (κ2) is 8.06. The first-order valence-corrected chi connectivity index (χ1v) is 9.53. The van der Waals surface area contributed by atoms with Gasteiger partial charge in [-0.25, -0.2) is 4.98 Å². The summed E-state index contributed by atoms with van der Waals surface area (Å²) in [5.41, 5.74) is 3.68. The van der Waals surface area contributed by atoms with Gasteiger partial charge in [0.2, 0.25) is 5.91 Å². The molecule has 0 aliphatic heterocycles. The van der Waals surface area contributed by atoms with Crippen molar-refractivity contribution in [2.45, 2.75) is 13.3 Å². The van der Waals surface area contributed by atoms with Crippen molar-refractivity contribution in [2.75, 3.05) is 5.32 Å². The van der Waals surface area contributed by atoms with Crippen LogP contribution in [0.25, 0.3) is 21.7 Å². The van der Waals surface area contributed by atoms with E-state index < -0.39 is 0 Å². The lowest BCUT2D eigenvalue weighted by molar-refractivity contribution is -0.115. The fourth-order valence-electron chi connectivity index (χ4n) is 2.74. The van der Waals surface area contributed by atoms with E-state index in [0.717, 1.165) is 32.3 Å². The Balaban J connectivity index is 1.39. The average molecular weight is 387 g/mol. The summed E-state index contributed by atoms with van der Waals surface area (Å²) in [6.45, 7) is 1.97. The Labute approximate surface area is 166 Å². The second-order valence-electron chi connectivity index (χ2n) is 6.20. The van der Waals surface area contributed by atoms with Crippen LogP contribution in [-0.4, -0.2) is 25.8 Å². The van der Waals surface area contributed by atoms with Gasteiger partial charge in [0.1, 0.15) is 5.82 Å². The number of aromatic nitrogens is 4. The molecule has 0 unspecified atom stereocenters. The standard InChI is InChI=1S/C21H17N5OS/c1-14-10-15(6-7-23-14)19-4-3-17(28-19)11-21(27)26-20-5-2-16(12-25-20)18-13-22-8-9-24-18/h2-10,12-13H,11H2,1H3,(H,25,26,27). The molecule has 4 aromatic rings. The molecule has 0 saturated carbocycles. The van der Waals surface area contributed by atoms with E-state index >= 15 is 0 Å². The van der Waals surface area contributed by atoms with Gasteiger partial charge >= 0.3 is 0 Å². The zero-order valence-electron chi connectivity index (χ0n) is 15.2. The summed E-state index contributed by atoms with van der Waals surface area (Å²) >= 11 is 1.61. The van der Waals surface area contributed by atoms with E-state index in [-0.39, 0.29) is 5.91 Å². The highest BCUT2D eigenvalue weighted by atomic mass is 32.1. The van der Waals surface area contributed by atoms with Crippen LogP contribution >= 0.6 is 11.3 Å². The third-order valence-corrected chi connectivity index (χ3v) is 5.20. The highest BCUT2D eigenvalue weighted by molar-refractivity contribution is 7.15. The van der Waals surface area contributed by atoms with Crippen LogP contribution in [0.2, 0.25) is 0 Å². The first kappa shape index (κ1) is 17.9. The molecule has 1 amide bonds. The first-order valence-electron chi connectivity index (χ1n) is 8.71. The van der Waals surface area contributed by atoms with Gasteiger partial charge < -0.3 is 5.32 Å². The molecule has 4 rings (SSSR count). The van der Waals surface area contributed by atoms with Crippen LogP contribution in [-0.2, 0) is 11.2 Å². The number of amides is 1. The van der Waals surface area contributed by atoms with E-state index in [1.54, 1.807) is 48.4 Å². The maximum atomic E-state index is 12.4. The van der Waals surface area contributed by atoms with Crippen LogP contribution in [0, 0.1) is 6.92 Å². The number of hydrogen-bond donors (Lipinski definition) is 1. The Morgan fingerprint density at radius 2 is 1.89 bits per heavy atom. The maximum Gasteiger partial charge on any atom is 0.230 e. The zero-order chi connectivity index (χ0) is 19.3. The van der Waals surface area contributed by atoms with Crippen molar-refractivity contribution >= 4 is 23.1 Å². The summed E-state index contributed by atoms with van der Waals surface area (Å²) in [6, 6.07) is 11.7. The predicted molar refractivity (Wildman–Crippen MR) is 110 cm³/mol. The molecule has 0 aliphatic rings. The summed E-state index contributed by atoms with van der Waals surface area (Å²) in [4.78, 5) is 31.3. The number of aryl methyl sites for hydroxylation is 1. The Hall–Kier alpha value is -3.45. The number of carbonyl (C=O) groups is 1. The van der Waals surface area contributed by atoms with Crippen LogP contribution in [0.5, 0.6) is 0 Å². The summed E-state index contributed by atoms with van der Waals surface area (Å²) in [7, 11) is 0. The molecule has 1 N–H and O–H groups in total. The molecule has 0 fully saturated rings. The lowest BCUT2D eigenvalue weighted by atomic mass is 10.2. The molecule has 28 heavy (non-hydrogen) atoms. The molecule has 0 radical (unpaired) electrons. The lowest BCUT2D eigenvalue weighted by Crippen LogP contribution is -2.14. The average Bonchev–Trinajstić information content (AvgIpc) is 3.17. The minimum absolute atomic E-state index is 0.0981. The van der Waals surface area contributed by atoms with Crippen LogP contribution < -0.4 is 5.32 Å². The van der Waals surface area contributed by atoms with E-state index in [2.05, 4.69) is 25.3 Å². The fourth-order valence-corrected chi connectivity index (χ4v) is 3.74. The molecule has 0 saturated heterocycles. The molecule has 0 bridgehead atoms. The molecule has 138 valence electrons. The number of pyridine rings is 2. The van der Waals surface area contributed by atoms with Gasteiger partial charge in [-0.05, 0) is 48.9 Å². The van der Waals surface area contributed by atoms with Crippen molar-refractivity contribution < 1.29 is 4.79 Å². The minimum Gasteiger partial charge on any atom is -0.310 e. The topological polar surface area (TPSA) is 80.7 Å². The largest absolute Gasteiger partial charge is 0.310 e. The number of anilines is 1. The van der Waals surface area contributed by atoms with E-state index in [1.807, 2.05) is 37.3 Å². The molecule has 0 aliphatic carbocycles. The Bertz CT molecular complexity index is 1090. The van der Waals surface area contributed by atoms with Gasteiger partial charge in [-0.3, -0.25) is 19.7 Å². The van der Waals surface area contributed by atoms with E-state index in [4.69, 9.17) is 0 Å². The molecule has 4 heterocycles. The van der Waals surface area contributed by atoms with Gasteiger partial charge in [0.15, 0.2) is 0 Å². The molecule has 0 atom stereocenters. The summed E-state index contributed by atoms with van der Waals surface area (Å²) in [6.07, 6.45) is 8.71. The maximum absolute atomic E-state index is 12.4. The van der Waals surface area contributed by atoms with E-state index in [1.165, 1.54) is 0 Å². The molecular weight excluding hydrogens is 370 g/mol. The summed E-state index contributed by atoms with van der Waals surface area (Å²) in [5, 5.41) is 2.84. The van der Waals surface area contributed by atoms with Crippen molar-refractivity contribution in [3.8, 4) is 21.7 Å².